The van der Waals surface area contributed by atoms with E-state index in [2.05, 4.69) is 5.32 Å². The standard InChI is InChI=1S/C17H21NO3/c1-13-7-3-5-9-16(13)21-12-14(19)11-18-15-8-4-6-10-17(15)20-2/h3-10,14,18-19H,11-12H2,1-2H3. The van der Waals surface area contributed by atoms with Crippen LogP contribution in [0.1, 0.15) is 5.56 Å². The quantitative estimate of drug-likeness (QED) is 0.822. The third-order valence-electron chi connectivity index (χ3n) is 3.16. The van der Waals surface area contributed by atoms with E-state index in [0.29, 0.717) is 6.54 Å². The summed E-state index contributed by atoms with van der Waals surface area (Å²) in [7, 11) is 1.62. The molecule has 0 saturated carbocycles. The molecular formula is C17H21NO3. The van der Waals surface area contributed by atoms with Crippen LogP contribution in [0.15, 0.2) is 48.5 Å². The van der Waals surface area contributed by atoms with Crippen molar-refractivity contribution in [1.82, 2.24) is 0 Å². The highest BCUT2D eigenvalue weighted by Gasteiger charge is 2.08. The summed E-state index contributed by atoms with van der Waals surface area (Å²) < 4.78 is 10.9. The Balaban J connectivity index is 1.82. The number of rotatable bonds is 7. The predicted octanol–water partition coefficient (Wildman–Crippen LogP) is 2.86. The average Bonchev–Trinajstić information content (AvgIpc) is 2.52. The molecule has 1 unspecified atom stereocenters. The number of para-hydroxylation sites is 3. The number of ether oxygens (including phenoxy) is 2. The zero-order chi connectivity index (χ0) is 15.1. The van der Waals surface area contributed by atoms with E-state index in [9.17, 15) is 5.11 Å². The van der Waals surface area contributed by atoms with E-state index in [1.807, 2.05) is 55.5 Å². The van der Waals surface area contributed by atoms with Crippen molar-refractivity contribution < 1.29 is 14.6 Å². The van der Waals surface area contributed by atoms with E-state index in [1.165, 1.54) is 0 Å². The summed E-state index contributed by atoms with van der Waals surface area (Å²) in [5.74, 6) is 1.55. The van der Waals surface area contributed by atoms with Crippen LogP contribution in [-0.2, 0) is 0 Å². The van der Waals surface area contributed by atoms with Gasteiger partial charge in [-0.3, -0.25) is 0 Å². The fourth-order valence-electron chi connectivity index (χ4n) is 1.98. The Kier molecular flexibility index (Phi) is 5.46. The summed E-state index contributed by atoms with van der Waals surface area (Å²) in [5, 5.41) is 13.2. The first-order valence-corrected chi connectivity index (χ1v) is 6.94. The Morgan fingerprint density at radius 2 is 1.71 bits per heavy atom. The minimum atomic E-state index is -0.602. The van der Waals surface area contributed by atoms with E-state index < -0.39 is 6.10 Å². The van der Waals surface area contributed by atoms with Gasteiger partial charge in [0.2, 0.25) is 0 Å². The van der Waals surface area contributed by atoms with Gasteiger partial charge in [0, 0.05) is 6.54 Å². The lowest BCUT2D eigenvalue weighted by Gasteiger charge is -2.16. The number of anilines is 1. The van der Waals surface area contributed by atoms with Crippen molar-refractivity contribution in [2.45, 2.75) is 13.0 Å². The monoisotopic (exact) mass is 287 g/mol. The molecule has 1 atom stereocenters. The molecule has 0 radical (unpaired) electrons. The van der Waals surface area contributed by atoms with Crippen LogP contribution in [0, 0.1) is 6.92 Å². The first kappa shape index (κ1) is 15.2. The van der Waals surface area contributed by atoms with E-state index in [1.54, 1.807) is 7.11 Å². The largest absolute Gasteiger partial charge is 0.495 e. The van der Waals surface area contributed by atoms with Crippen LogP contribution < -0.4 is 14.8 Å². The third-order valence-corrected chi connectivity index (χ3v) is 3.16. The summed E-state index contributed by atoms with van der Waals surface area (Å²) in [4.78, 5) is 0. The maximum absolute atomic E-state index is 10.00. The smallest absolute Gasteiger partial charge is 0.141 e. The number of aliphatic hydroxyl groups excluding tert-OH is 1. The molecule has 0 fully saturated rings. The topological polar surface area (TPSA) is 50.7 Å². The average molecular weight is 287 g/mol. The lowest BCUT2D eigenvalue weighted by Crippen LogP contribution is -2.26. The Morgan fingerprint density at radius 3 is 2.43 bits per heavy atom. The molecule has 0 amide bonds. The van der Waals surface area contributed by atoms with Gasteiger partial charge in [0.05, 0.1) is 12.8 Å². The first-order chi connectivity index (χ1) is 10.2. The molecule has 112 valence electrons. The van der Waals surface area contributed by atoms with Crippen molar-refractivity contribution in [3.05, 3.63) is 54.1 Å². The molecule has 2 aromatic carbocycles. The lowest BCUT2D eigenvalue weighted by atomic mass is 10.2. The van der Waals surface area contributed by atoms with Gasteiger partial charge in [0.15, 0.2) is 0 Å². The second-order valence-electron chi connectivity index (χ2n) is 4.81. The molecule has 0 spiro atoms. The fourth-order valence-corrected chi connectivity index (χ4v) is 1.98. The number of aryl methyl sites for hydroxylation is 1. The van der Waals surface area contributed by atoms with E-state index in [-0.39, 0.29) is 6.61 Å². The molecule has 2 aromatic rings. The van der Waals surface area contributed by atoms with Crippen LogP contribution in [0.3, 0.4) is 0 Å². The van der Waals surface area contributed by atoms with Crippen LogP contribution in [-0.4, -0.2) is 31.5 Å². The fraction of sp³-hybridized carbons (Fsp3) is 0.294. The van der Waals surface area contributed by atoms with Gasteiger partial charge in [-0.1, -0.05) is 30.3 Å². The number of benzene rings is 2. The first-order valence-electron chi connectivity index (χ1n) is 6.94. The number of hydrogen-bond donors (Lipinski definition) is 2. The van der Waals surface area contributed by atoms with Crippen molar-refractivity contribution in [2.24, 2.45) is 0 Å². The van der Waals surface area contributed by atoms with E-state index in [4.69, 9.17) is 9.47 Å². The van der Waals surface area contributed by atoms with Crippen LogP contribution >= 0.6 is 0 Å². The zero-order valence-electron chi connectivity index (χ0n) is 12.4. The maximum Gasteiger partial charge on any atom is 0.141 e. The maximum atomic E-state index is 10.00. The van der Waals surface area contributed by atoms with Gasteiger partial charge in [-0.15, -0.1) is 0 Å². The van der Waals surface area contributed by atoms with Crippen molar-refractivity contribution in [3.8, 4) is 11.5 Å². The molecule has 21 heavy (non-hydrogen) atoms. The van der Waals surface area contributed by atoms with Crippen LogP contribution in [0.2, 0.25) is 0 Å². The Morgan fingerprint density at radius 1 is 1.05 bits per heavy atom. The normalized spacial score (nSPS) is 11.8. The van der Waals surface area contributed by atoms with Crippen molar-refractivity contribution >= 4 is 5.69 Å². The van der Waals surface area contributed by atoms with Gasteiger partial charge in [0.25, 0.3) is 0 Å². The number of aliphatic hydroxyl groups is 1. The van der Waals surface area contributed by atoms with Gasteiger partial charge in [-0.25, -0.2) is 0 Å². The van der Waals surface area contributed by atoms with E-state index in [0.717, 1.165) is 22.7 Å². The van der Waals surface area contributed by atoms with Crippen molar-refractivity contribution in [2.75, 3.05) is 25.6 Å². The Labute approximate surface area is 125 Å². The van der Waals surface area contributed by atoms with Crippen molar-refractivity contribution in [3.63, 3.8) is 0 Å². The van der Waals surface area contributed by atoms with E-state index >= 15 is 0 Å². The summed E-state index contributed by atoms with van der Waals surface area (Å²) in [6.07, 6.45) is -0.602. The lowest BCUT2D eigenvalue weighted by molar-refractivity contribution is 0.117. The molecule has 0 aromatic heterocycles. The van der Waals surface area contributed by atoms with Crippen LogP contribution in [0.4, 0.5) is 5.69 Å². The molecule has 0 heterocycles. The van der Waals surface area contributed by atoms with Gasteiger partial charge >= 0.3 is 0 Å². The predicted molar refractivity (Wildman–Crippen MR) is 84.2 cm³/mol. The molecule has 2 N–H and O–H groups in total. The molecule has 0 aliphatic rings. The van der Waals surface area contributed by atoms with Crippen LogP contribution in [0.5, 0.6) is 11.5 Å². The number of hydrogen-bond acceptors (Lipinski definition) is 4. The number of methoxy groups -OCH3 is 1. The third kappa shape index (κ3) is 4.39. The summed E-state index contributed by atoms with van der Waals surface area (Å²) in [5.41, 5.74) is 1.91. The van der Waals surface area contributed by atoms with Gasteiger partial charge in [-0.2, -0.15) is 0 Å². The second kappa shape index (κ2) is 7.55. The summed E-state index contributed by atoms with van der Waals surface area (Å²) >= 11 is 0. The minimum absolute atomic E-state index is 0.243. The minimum Gasteiger partial charge on any atom is -0.495 e. The summed E-state index contributed by atoms with van der Waals surface area (Å²) in [6, 6.07) is 15.4. The SMILES string of the molecule is COc1ccccc1NCC(O)COc1ccccc1C. The molecular weight excluding hydrogens is 266 g/mol. The number of nitrogens with one attached hydrogen (secondary N) is 1. The van der Waals surface area contributed by atoms with Crippen molar-refractivity contribution in [1.29, 1.82) is 0 Å². The second-order valence-corrected chi connectivity index (χ2v) is 4.81. The molecule has 0 bridgehead atoms. The molecule has 2 rings (SSSR count). The molecule has 0 aliphatic heterocycles. The highest BCUT2D eigenvalue weighted by Crippen LogP contribution is 2.23. The highest BCUT2D eigenvalue weighted by atomic mass is 16.5. The Hall–Kier alpha value is -2.20. The van der Waals surface area contributed by atoms with Gasteiger partial charge < -0.3 is 19.9 Å². The molecule has 0 saturated heterocycles. The molecule has 4 nitrogen and oxygen atoms in total. The molecule has 0 aliphatic carbocycles. The molecule has 4 heteroatoms. The zero-order valence-corrected chi connectivity index (χ0v) is 12.4. The highest BCUT2D eigenvalue weighted by molar-refractivity contribution is 5.56. The summed E-state index contributed by atoms with van der Waals surface area (Å²) in [6.45, 7) is 2.62. The Bertz CT molecular complexity index is 571. The van der Waals surface area contributed by atoms with Gasteiger partial charge in [0.1, 0.15) is 24.2 Å². The van der Waals surface area contributed by atoms with Gasteiger partial charge in [-0.05, 0) is 30.7 Å². The van der Waals surface area contributed by atoms with Crippen LogP contribution in [0.25, 0.3) is 0 Å².